The number of amides is 1. The Morgan fingerprint density at radius 2 is 1.87 bits per heavy atom. The minimum absolute atomic E-state index is 0.0103. The Hall–Kier alpha value is -3.25. The molecule has 2 aromatic heterocycles. The number of nitrogens with one attached hydrogen (secondary N) is 1. The van der Waals surface area contributed by atoms with Gasteiger partial charge in [-0.25, -0.2) is 4.98 Å². The second-order valence-electron chi connectivity index (χ2n) is 7.54. The molecule has 0 spiro atoms. The second kappa shape index (κ2) is 9.50. The summed E-state index contributed by atoms with van der Waals surface area (Å²) in [6, 6.07) is 20.2. The number of likely N-dealkylation sites (N-methyl/N-ethyl adjacent to an activating group) is 1. The minimum Gasteiger partial charge on any atom is -0.353 e. The van der Waals surface area contributed by atoms with Gasteiger partial charge >= 0.3 is 0 Å². The van der Waals surface area contributed by atoms with Crippen molar-refractivity contribution in [1.29, 1.82) is 0 Å². The van der Waals surface area contributed by atoms with Gasteiger partial charge < -0.3 is 15.1 Å². The molecule has 0 bridgehead atoms. The molecule has 1 atom stereocenters. The Balaban J connectivity index is 1.48. The van der Waals surface area contributed by atoms with Crippen molar-refractivity contribution in [1.82, 2.24) is 20.2 Å². The Bertz CT molecular complexity index is 964. The van der Waals surface area contributed by atoms with Gasteiger partial charge in [0.2, 0.25) is 0 Å². The van der Waals surface area contributed by atoms with Gasteiger partial charge in [0.25, 0.3) is 5.91 Å². The molecule has 1 saturated heterocycles. The van der Waals surface area contributed by atoms with Crippen molar-refractivity contribution in [2.45, 2.75) is 12.5 Å². The fraction of sp³-hybridized carbons (Fsp3) is 0.292. The number of hydrogen-bond acceptors (Lipinski definition) is 5. The number of benzene rings is 1. The van der Waals surface area contributed by atoms with Crippen molar-refractivity contribution >= 4 is 11.7 Å². The Morgan fingerprint density at radius 1 is 1.07 bits per heavy atom. The normalized spacial score (nSPS) is 16.3. The molecule has 6 nitrogen and oxygen atoms in total. The Kier molecular flexibility index (Phi) is 6.35. The number of hydrogen-bond donors (Lipinski definition) is 1. The lowest BCUT2D eigenvalue weighted by Gasteiger charge is -2.35. The van der Waals surface area contributed by atoms with Crippen molar-refractivity contribution < 1.29 is 4.79 Å². The number of nitrogens with zero attached hydrogens (tertiary/aromatic N) is 4. The van der Waals surface area contributed by atoms with Gasteiger partial charge in [-0.15, -0.1) is 0 Å². The van der Waals surface area contributed by atoms with Crippen LogP contribution in [0, 0.1) is 0 Å². The van der Waals surface area contributed by atoms with Gasteiger partial charge in [0.05, 0.1) is 5.56 Å². The quantitative estimate of drug-likeness (QED) is 0.688. The molecule has 0 saturated carbocycles. The standard InChI is InChI=1S/C24H27N5O/c1-28(16-12-20-10-5-6-13-25-20)24(30)21-11-7-14-27-23(21)29-17-15-26-22(18-29)19-8-3-2-4-9-19/h2-11,13-14,22,26H,12,15-18H2,1H3. The monoisotopic (exact) mass is 401 g/mol. The summed E-state index contributed by atoms with van der Waals surface area (Å²) in [6.07, 6.45) is 4.27. The van der Waals surface area contributed by atoms with Gasteiger partial charge in [-0.3, -0.25) is 9.78 Å². The van der Waals surface area contributed by atoms with E-state index in [0.717, 1.165) is 37.6 Å². The molecule has 30 heavy (non-hydrogen) atoms. The van der Waals surface area contributed by atoms with E-state index in [-0.39, 0.29) is 11.9 Å². The van der Waals surface area contributed by atoms with Gasteiger partial charge in [0.1, 0.15) is 5.82 Å². The molecule has 1 amide bonds. The fourth-order valence-electron chi connectivity index (χ4n) is 3.80. The Labute approximate surface area is 177 Å². The highest BCUT2D eigenvalue weighted by Gasteiger charge is 2.26. The molecule has 154 valence electrons. The van der Waals surface area contributed by atoms with E-state index in [9.17, 15) is 4.79 Å². The summed E-state index contributed by atoms with van der Waals surface area (Å²) in [7, 11) is 1.84. The van der Waals surface area contributed by atoms with Crippen LogP contribution in [0.15, 0.2) is 73.1 Å². The first kappa shape index (κ1) is 20.0. The molecule has 0 radical (unpaired) electrons. The summed E-state index contributed by atoms with van der Waals surface area (Å²) in [5, 5.41) is 3.57. The Morgan fingerprint density at radius 3 is 2.67 bits per heavy atom. The van der Waals surface area contributed by atoms with Crippen LogP contribution in [0.5, 0.6) is 0 Å². The number of pyridine rings is 2. The summed E-state index contributed by atoms with van der Waals surface area (Å²) in [4.78, 5) is 26.1. The highest BCUT2D eigenvalue weighted by atomic mass is 16.2. The van der Waals surface area contributed by atoms with E-state index in [1.54, 1.807) is 17.3 Å². The first-order valence-electron chi connectivity index (χ1n) is 10.4. The van der Waals surface area contributed by atoms with Crippen LogP contribution >= 0.6 is 0 Å². The summed E-state index contributed by atoms with van der Waals surface area (Å²) in [5.74, 6) is 0.749. The van der Waals surface area contributed by atoms with E-state index in [4.69, 9.17) is 0 Å². The van der Waals surface area contributed by atoms with Crippen molar-refractivity contribution in [3.8, 4) is 0 Å². The molecule has 1 unspecified atom stereocenters. The molecule has 6 heteroatoms. The highest BCUT2D eigenvalue weighted by molar-refractivity contribution is 5.98. The molecule has 1 aliphatic heterocycles. The van der Waals surface area contributed by atoms with Gasteiger partial charge in [0, 0.05) is 63.8 Å². The molecular formula is C24H27N5O. The number of rotatable bonds is 6. The first-order chi connectivity index (χ1) is 14.7. The van der Waals surface area contributed by atoms with E-state index in [0.29, 0.717) is 12.1 Å². The van der Waals surface area contributed by atoms with E-state index in [1.165, 1.54) is 5.56 Å². The summed E-state index contributed by atoms with van der Waals surface area (Å²) in [6.45, 7) is 3.05. The van der Waals surface area contributed by atoms with Crippen LogP contribution in [-0.2, 0) is 6.42 Å². The molecule has 1 N–H and O–H groups in total. The molecular weight excluding hydrogens is 374 g/mol. The average Bonchev–Trinajstić information content (AvgIpc) is 2.83. The van der Waals surface area contributed by atoms with Crippen LogP contribution in [-0.4, -0.2) is 54.0 Å². The third-order valence-corrected chi connectivity index (χ3v) is 5.47. The molecule has 4 rings (SSSR count). The summed E-state index contributed by atoms with van der Waals surface area (Å²) >= 11 is 0. The smallest absolute Gasteiger partial charge is 0.257 e. The zero-order valence-corrected chi connectivity index (χ0v) is 17.2. The van der Waals surface area contributed by atoms with Crippen molar-refractivity contribution in [2.75, 3.05) is 38.1 Å². The maximum Gasteiger partial charge on any atom is 0.257 e. The molecule has 0 aliphatic carbocycles. The van der Waals surface area contributed by atoms with Gasteiger partial charge in [-0.2, -0.15) is 0 Å². The molecule has 1 fully saturated rings. The third-order valence-electron chi connectivity index (χ3n) is 5.47. The van der Waals surface area contributed by atoms with Crippen LogP contribution in [0.2, 0.25) is 0 Å². The third kappa shape index (κ3) is 4.66. The fourth-order valence-corrected chi connectivity index (χ4v) is 3.80. The topological polar surface area (TPSA) is 61.4 Å². The maximum atomic E-state index is 13.2. The molecule has 3 aromatic rings. The zero-order valence-electron chi connectivity index (χ0n) is 17.2. The van der Waals surface area contributed by atoms with Crippen LogP contribution in [0.4, 0.5) is 5.82 Å². The minimum atomic E-state index is -0.0103. The van der Waals surface area contributed by atoms with E-state index in [1.807, 2.05) is 43.4 Å². The number of piperazine rings is 1. The predicted molar refractivity (Wildman–Crippen MR) is 119 cm³/mol. The van der Waals surface area contributed by atoms with Crippen LogP contribution in [0.25, 0.3) is 0 Å². The molecule has 1 aromatic carbocycles. The van der Waals surface area contributed by atoms with E-state index in [2.05, 4.69) is 44.5 Å². The zero-order chi connectivity index (χ0) is 20.8. The highest BCUT2D eigenvalue weighted by Crippen LogP contribution is 2.24. The first-order valence-corrected chi connectivity index (χ1v) is 10.4. The van der Waals surface area contributed by atoms with Crippen LogP contribution < -0.4 is 10.2 Å². The number of aromatic nitrogens is 2. The van der Waals surface area contributed by atoms with Crippen molar-refractivity contribution in [3.05, 3.63) is 89.9 Å². The van der Waals surface area contributed by atoms with Crippen LogP contribution in [0.1, 0.15) is 27.7 Å². The lowest BCUT2D eigenvalue weighted by atomic mass is 10.0. The molecule has 1 aliphatic rings. The summed E-state index contributed by atoms with van der Waals surface area (Å²) < 4.78 is 0. The van der Waals surface area contributed by atoms with Crippen molar-refractivity contribution in [2.24, 2.45) is 0 Å². The van der Waals surface area contributed by atoms with Gasteiger partial charge in [-0.1, -0.05) is 36.4 Å². The average molecular weight is 402 g/mol. The molecule has 3 heterocycles. The lowest BCUT2D eigenvalue weighted by molar-refractivity contribution is 0.0796. The summed E-state index contributed by atoms with van der Waals surface area (Å²) in [5.41, 5.74) is 2.88. The largest absolute Gasteiger partial charge is 0.353 e. The number of anilines is 1. The second-order valence-corrected chi connectivity index (χ2v) is 7.54. The number of carbonyl (C=O) groups is 1. The maximum absolute atomic E-state index is 13.2. The van der Waals surface area contributed by atoms with E-state index < -0.39 is 0 Å². The number of carbonyl (C=O) groups excluding carboxylic acids is 1. The SMILES string of the molecule is CN(CCc1ccccn1)C(=O)c1cccnc1N1CCNC(c2ccccc2)C1. The van der Waals surface area contributed by atoms with Gasteiger partial charge in [0.15, 0.2) is 0 Å². The lowest BCUT2D eigenvalue weighted by Crippen LogP contribution is -2.47. The van der Waals surface area contributed by atoms with Crippen LogP contribution in [0.3, 0.4) is 0 Å². The van der Waals surface area contributed by atoms with E-state index >= 15 is 0 Å². The van der Waals surface area contributed by atoms with Crippen molar-refractivity contribution in [3.63, 3.8) is 0 Å². The predicted octanol–water partition coefficient (Wildman–Crippen LogP) is 2.94. The van der Waals surface area contributed by atoms with Gasteiger partial charge in [-0.05, 0) is 29.8 Å².